The summed E-state index contributed by atoms with van der Waals surface area (Å²) >= 11 is 5.93. The molecule has 0 fully saturated rings. The van der Waals surface area contributed by atoms with Gasteiger partial charge in [-0.05, 0) is 19.1 Å². The Morgan fingerprint density at radius 3 is 2.93 bits per heavy atom. The van der Waals surface area contributed by atoms with Crippen LogP contribution in [-0.4, -0.2) is 10.2 Å². The third-order valence-corrected chi connectivity index (χ3v) is 2.51. The van der Waals surface area contributed by atoms with Crippen LogP contribution in [0.4, 0.5) is 0 Å². The maximum atomic E-state index is 5.93. The largest absolute Gasteiger partial charge is 0.324 e. The van der Waals surface area contributed by atoms with Crippen molar-refractivity contribution < 1.29 is 0 Å². The summed E-state index contributed by atoms with van der Waals surface area (Å²) < 4.78 is 0. The van der Waals surface area contributed by atoms with Gasteiger partial charge in [0.25, 0.3) is 0 Å². The number of hydrogen-bond donors (Lipinski definition) is 2. The number of benzene rings is 1. The predicted molar refractivity (Wildman–Crippen MR) is 61.6 cm³/mol. The Bertz CT molecular complexity index is 462. The standard InChI is InChI=1S/C11H12ClN3/c1-7(13)10-6-14-15-11(10)8-3-2-4-9(12)5-8/h2-7H,13H2,1H3,(H,14,15). The Labute approximate surface area is 93.3 Å². The molecule has 2 rings (SSSR count). The van der Waals surface area contributed by atoms with E-state index in [1.54, 1.807) is 6.20 Å². The molecule has 0 aliphatic rings. The van der Waals surface area contributed by atoms with Crippen LogP contribution in [-0.2, 0) is 0 Å². The summed E-state index contributed by atoms with van der Waals surface area (Å²) in [6, 6.07) is 7.57. The maximum Gasteiger partial charge on any atom is 0.0698 e. The highest BCUT2D eigenvalue weighted by atomic mass is 35.5. The molecule has 78 valence electrons. The number of H-pyrrole nitrogens is 1. The van der Waals surface area contributed by atoms with E-state index in [4.69, 9.17) is 17.3 Å². The molecule has 1 aromatic heterocycles. The van der Waals surface area contributed by atoms with Gasteiger partial charge in [0.1, 0.15) is 0 Å². The molecule has 0 saturated heterocycles. The van der Waals surface area contributed by atoms with Gasteiger partial charge in [0.15, 0.2) is 0 Å². The summed E-state index contributed by atoms with van der Waals surface area (Å²) in [5.41, 5.74) is 8.78. The topological polar surface area (TPSA) is 54.7 Å². The van der Waals surface area contributed by atoms with Gasteiger partial charge in [-0.2, -0.15) is 5.10 Å². The minimum atomic E-state index is -0.0438. The molecule has 4 heteroatoms. The van der Waals surface area contributed by atoms with Crippen molar-refractivity contribution >= 4 is 11.6 Å². The zero-order valence-corrected chi connectivity index (χ0v) is 9.12. The Morgan fingerprint density at radius 2 is 2.27 bits per heavy atom. The fourth-order valence-corrected chi connectivity index (χ4v) is 1.71. The molecule has 3 nitrogen and oxygen atoms in total. The van der Waals surface area contributed by atoms with Crippen LogP contribution in [0.1, 0.15) is 18.5 Å². The smallest absolute Gasteiger partial charge is 0.0698 e. The Morgan fingerprint density at radius 1 is 1.47 bits per heavy atom. The zero-order chi connectivity index (χ0) is 10.8. The van der Waals surface area contributed by atoms with E-state index in [2.05, 4.69) is 10.2 Å². The lowest BCUT2D eigenvalue weighted by molar-refractivity contribution is 0.821. The third-order valence-electron chi connectivity index (χ3n) is 2.27. The first-order valence-electron chi connectivity index (χ1n) is 4.73. The summed E-state index contributed by atoms with van der Waals surface area (Å²) in [5.74, 6) is 0. The second kappa shape index (κ2) is 4.04. The number of halogens is 1. The average molecular weight is 222 g/mol. The average Bonchev–Trinajstić information content (AvgIpc) is 2.65. The molecule has 1 unspecified atom stereocenters. The SMILES string of the molecule is CC(N)c1cn[nH]c1-c1cccc(Cl)c1. The van der Waals surface area contributed by atoms with E-state index in [0.29, 0.717) is 5.02 Å². The summed E-state index contributed by atoms with van der Waals surface area (Å²) in [6.07, 6.45) is 1.75. The monoisotopic (exact) mass is 221 g/mol. The van der Waals surface area contributed by atoms with Crippen LogP contribution in [0.5, 0.6) is 0 Å². The molecule has 0 amide bonds. The van der Waals surface area contributed by atoms with E-state index in [9.17, 15) is 0 Å². The van der Waals surface area contributed by atoms with Crippen LogP contribution < -0.4 is 5.73 Å². The molecule has 15 heavy (non-hydrogen) atoms. The van der Waals surface area contributed by atoms with Crippen molar-refractivity contribution in [3.8, 4) is 11.3 Å². The van der Waals surface area contributed by atoms with Crippen molar-refractivity contribution in [1.29, 1.82) is 0 Å². The molecule has 0 aliphatic heterocycles. The predicted octanol–water partition coefficient (Wildman–Crippen LogP) is 2.75. The normalized spacial score (nSPS) is 12.7. The molecule has 2 aromatic rings. The van der Waals surface area contributed by atoms with Crippen molar-refractivity contribution in [3.63, 3.8) is 0 Å². The molecule has 1 aromatic carbocycles. The Balaban J connectivity index is 2.49. The van der Waals surface area contributed by atoms with Crippen LogP contribution in [0.2, 0.25) is 5.02 Å². The quantitative estimate of drug-likeness (QED) is 0.820. The van der Waals surface area contributed by atoms with Gasteiger partial charge in [0.05, 0.1) is 11.9 Å². The molecule has 1 atom stereocenters. The number of hydrogen-bond acceptors (Lipinski definition) is 2. The van der Waals surface area contributed by atoms with Crippen molar-refractivity contribution in [1.82, 2.24) is 10.2 Å². The molecule has 0 radical (unpaired) electrons. The highest BCUT2D eigenvalue weighted by Gasteiger charge is 2.10. The van der Waals surface area contributed by atoms with Crippen LogP contribution in [0.3, 0.4) is 0 Å². The zero-order valence-electron chi connectivity index (χ0n) is 8.37. The molecule has 0 aliphatic carbocycles. The maximum absolute atomic E-state index is 5.93. The molecule has 0 bridgehead atoms. The fraction of sp³-hybridized carbons (Fsp3) is 0.182. The van der Waals surface area contributed by atoms with Gasteiger partial charge >= 0.3 is 0 Å². The second-order valence-electron chi connectivity index (χ2n) is 3.50. The summed E-state index contributed by atoms with van der Waals surface area (Å²) in [5, 5.41) is 7.65. The molecular formula is C11H12ClN3. The highest BCUT2D eigenvalue weighted by molar-refractivity contribution is 6.30. The minimum absolute atomic E-state index is 0.0438. The van der Waals surface area contributed by atoms with E-state index < -0.39 is 0 Å². The number of aromatic nitrogens is 2. The number of nitrogens with zero attached hydrogens (tertiary/aromatic N) is 1. The van der Waals surface area contributed by atoms with Crippen LogP contribution in [0, 0.1) is 0 Å². The first-order valence-corrected chi connectivity index (χ1v) is 5.11. The number of rotatable bonds is 2. The Kier molecular flexibility index (Phi) is 2.75. The fourth-order valence-electron chi connectivity index (χ4n) is 1.52. The lowest BCUT2D eigenvalue weighted by Crippen LogP contribution is -2.05. The van der Waals surface area contributed by atoms with Crippen LogP contribution in [0.15, 0.2) is 30.5 Å². The van der Waals surface area contributed by atoms with Gasteiger partial charge in [-0.3, -0.25) is 5.10 Å². The van der Waals surface area contributed by atoms with Gasteiger partial charge in [0.2, 0.25) is 0 Å². The van der Waals surface area contributed by atoms with Gasteiger partial charge < -0.3 is 5.73 Å². The Hall–Kier alpha value is -1.32. The first-order chi connectivity index (χ1) is 7.18. The van der Waals surface area contributed by atoms with Crippen molar-refractivity contribution in [2.24, 2.45) is 5.73 Å². The van der Waals surface area contributed by atoms with Gasteiger partial charge in [-0.1, -0.05) is 23.7 Å². The van der Waals surface area contributed by atoms with E-state index >= 15 is 0 Å². The lowest BCUT2D eigenvalue weighted by atomic mass is 10.0. The molecule has 0 spiro atoms. The minimum Gasteiger partial charge on any atom is -0.324 e. The van der Waals surface area contributed by atoms with Gasteiger partial charge in [-0.25, -0.2) is 0 Å². The summed E-state index contributed by atoms with van der Waals surface area (Å²) in [4.78, 5) is 0. The number of nitrogens with two attached hydrogens (primary N) is 1. The first kappa shape index (κ1) is 10.2. The van der Waals surface area contributed by atoms with Crippen molar-refractivity contribution in [2.75, 3.05) is 0 Å². The van der Waals surface area contributed by atoms with Crippen LogP contribution in [0.25, 0.3) is 11.3 Å². The van der Waals surface area contributed by atoms with E-state index in [0.717, 1.165) is 16.8 Å². The lowest BCUT2D eigenvalue weighted by Gasteiger charge is -2.06. The molecule has 1 heterocycles. The highest BCUT2D eigenvalue weighted by Crippen LogP contribution is 2.26. The van der Waals surface area contributed by atoms with Crippen molar-refractivity contribution in [2.45, 2.75) is 13.0 Å². The van der Waals surface area contributed by atoms with Crippen molar-refractivity contribution in [3.05, 3.63) is 41.0 Å². The van der Waals surface area contributed by atoms with E-state index in [-0.39, 0.29) is 6.04 Å². The second-order valence-corrected chi connectivity index (χ2v) is 3.94. The summed E-state index contributed by atoms with van der Waals surface area (Å²) in [6.45, 7) is 1.93. The van der Waals surface area contributed by atoms with E-state index in [1.165, 1.54) is 0 Å². The van der Waals surface area contributed by atoms with Gasteiger partial charge in [0, 0.05) is 22.2 Å². The van der Waals surface area contributed by atoms with Gasteiger partial charge in [-0.15, -0.1) is 0 Å². The molecular weight excluding hydrogens is 210 g/mol. The number of aromatic amines is 1. The third kappa shape index (κ3) is 2.03. The molecule has 0 saturated carbocycles. The summed E-state index contributed by atoms with van der Waals surface area (Å²) in [7, 11) is 0. The van der Waals surface area contributed by atoms with E-state index in [1.807, 2.05) is 31.2 Å². The molecule has 3 N–H and O–H groups in total. The van der Waals surface area contributed by atoms with Crippen LogP contribution >= 0.6 is 11.6 Å². The number of nitrogens with one attached hydrogen (secondary N) is 1.